The van der Waals surface area contributed by atoms with E-state index in [4.69, 9.17) is 29.9 Å². The third kappa shape index (κ3) is 9.10. The van der Waals surface area contributed by atoms with Crippen LogP contribution in [0.1, 0.15) is 0 Å². The number of rotatable bonds is 10. The summed E-state index contributed by atoms with van der Waals surface area (Å²) in [7, 11) is 0. The minimum Gasteiger partial charge on any atom is -0.309 e. The van der Waals surface area contributed by atoms with E-state index in [0.29, 0.717) is 17.6 Å². The minimum atomic E-state index is 0.501. The molecule has 0 fully saturated rings. The molecular formula is C90H54N12. The summed E-state index contributed by atoms with van der Waals surface area (Å²) in [5.74, 6) is 1.90. The lowest BCUT2D eigenvalue weighted by atomic mass is 9.99. The van der Waals surface area contributed by atoms with Crippen molar-refractivity contribution in [3.63, 3.8) is 0 Å². The predicted molar refractivity (Wildman–Crippen MR) is 414 cm³/mol. The molecule has 21 aromatic rings. The van der Waals surface area contributed by atoms with Gasteiger partial charge in [0, 0.05) is 90.8 Å². The second kappa shape index (κ2) is 22.7. The summed E-state index contributed by atoms with van der Waals surface area (Å²) in [6.07, 6.45) is 11.4. The van der Waals surface area contributed by atoms with Gasteiger partial charge in [0.05, 0.1) is 90.0 Å². The molecule has 0 amide bonds. The molecule has 0 radical (unpaired) electrons. The lowest BCUT2D eigenvalue weighted by Crippen LogP contribution is -2.10. The zero-order valence-corrected chi connectivity index (χ0v) is 54.5. The first kappa shape index (κ1) is 57.0. The average Bonchev–Trinajstić information content (AvgIpc) is 1.54. The first-order valence-corrected chi connectivity index (χ1v) is 34.1. The third-order valence-corrected chi connectivity index (χ3v) is 20.2. The Bertz CT molecular complexity index is 6620. The zero-order valence-electron chi connectivity index (χ0n) is 54.5. The SMILES string of the molecule is c1ccc(-c2ccc3nc(-c4cc(-c5cnc6cc(-c7ccccc7)ccc6n5)cc(-n5c6ccc(-c7ccccc7)cc6c6c7c8cc(-c9ccccc9)ccc8n(-c8nc(-n9c%10ccccc%10c%10cnccc%109)cc(-n9c%10ccccc%10c%10cnccc%109)n8)c7ccc65)c4)cnc3c2)cc1. The second-order valence-corrected chi connectivity index (χ2v) is 26.0. The van der Waals surface area contributed by atoms with Gasteiger partial charge in [0.25, 0.3) is 0 Å². The van der Waals surface area contributed by atoms with Crippen molar-refractivity contribution in [3.8, 4) is 90.3 Å². The Morgan fingerprint density at radius 3 is 1.07 bits per heavy atom. The van der Waals surface area contributed by atoms with Crippen molar-refractivity contribution in [3.05, 3.63) is 328 Å². The van der Waals surface area contributed by atoms with E-state index in [9.17, 15) is 0 Å². The predicted octanol–water partition coefficient (Wildman–Crippen LogP) is 21.5. The maximum absolute atomic E-state index is 5.81. The highest BCUT2D eigenvalue weighted by atomic mass is 15.2. The summed E-state index contributed by atoms with van der Waals surface area (Å²) in [4.78, 5) is 42.0. The molecule has 0 aliphatic rings. The standard InChI is InChI=1S/C90H54N12/c1-5-17-55(18-6-1)59-31-35-80-68(46-59)88-84(99(80)65-44-63(76-53-93-74-48-61(29-33-72(74)95-76)57-21-9-3-10-22-57)43-64(45-65)77-54-94-75-49-62(30-34-73(75)96-77)58-23-11-4-12-24-58)37-38-85-89(88)69-47-60(56-19-7-2-8-20-56)32-36-81(69)102(85)90-97-86(100-78-27-15-13-25-66(78)70-51-91-41-39-82(70)100)50-87(98-90)101-79-28-16-14-26-67(79)71-52-92-42-40-83(71)101/h1-54H. The van der Waals surface area contributed by atoms with Crippen LogP contribution in [0, 0.1) is 0 Å². The molecular weight excluding hydrogens is 1250 g/mol. The lowest BCUT2D eigenvalue weighted by Gasteiger charge is -2.15. The topological polar surface area (TPSA) is 123 Å². The first-order chi connectivity index (χ1) is 50.5. The molecule has 0 saturated heterocycles. The molecule has 9 heterocycles. The van der Waals surface area contributed by atoms with Crippen molar-refractivity contribution >= 4 is 109 Å². The molecule has 12 aromatic carbocycles. The van der Waals surface area contributed by atoms with Crippen LogP contribution in [-0.2, 0) is 0 Å². The molecule has 0 spiro atoms. The van der Waals surface area contributed by atoms with Crippen LogP contribution in [0.15, 0.2) is 328 Å². The average molecular weight is 1300 g/mol. The molecule has 102 heavy (non-hydrogen) atoms. The highest BCUT2D eigenvalue weighted by Gasteiger charge is 2.27. The quantitative estimate of drug-likeness (QED) is 0.133. The number of benzene rings is 12. The van der Waals surface area contributed by atoms with Gasteiger partial charge < -0.3 is 4.57 Å². The van der Waals surface area contributed by atoms with E-state index < -0.39 is 0 Å². The second-order valence-electron chi connectivity index (χ2n) is 26.0. The lowest BCUT2D eigenvalue weighted by molar-refractivity contribution is 0.918. The maximum atomic E-state index is 5.81. The van der Waals surface area contributed by atoms with Gasteiger partial charge in [-0.1, -0.05) is 182 Å². The van der Waals surface area contributed by atoms with E-state index in [1.165, 1.54) is 0 Å². The molecule has 12 heteroatoms. The van der Waals surface area contributed by atoms with Gasteiger partial charge in [0.15, 0.2) is 0 Å². The van der Waals surface area contributed by atoms with Gasteiger partial charge in [-0.3, -0.25) is 33.6 Å². The van der Waals surface area contributed by atoms with Gasteiger partial charge in [-0.15, -0.1) is 0 Å². The maximum Gasteiger partial charge on any atom is 0.238 e. The van der Waals surface area contributed by atoms with E-state index in [-0.39, 0.29) is 0 Å². The van der Waals surface area contributed by atoms with Crippen LogP contribution in [0.3, 0.4) is 0 Å². The minimum absolute atomic E-state index is 0.501. The summed E-state index contributed by atoms with van der Waals surface area (Å²) in [5, 5.41) is 8.45. The summed E-state index contributed by atoms with van der Waals surface area (Å²) in [6.45, 7) is 0. The largest absolute Gasteiger partial charge is 0.309 e. The van der Waals surface area contributed by atoms with Crippen molar-refractivity contribution in [2.75, 3.05) is 0 Å². The molecule has 0 aliphatic heterocycles. The van der Waals surface area contributed by atoms with Crippen molar-refractivity contribution in [2.24, 2.45) is 0 Å². The molecule has 0 unspecified atom stereocenters. The normalized spacial score (nSPS) is 11.9. The highest BCUT2D eigenvalue weighted by molar-refractivity contribution is 6.29. The fraction of sp³-hybridized carbons (Fsp3) is 0. The van der Waals surface area contributed by atoms with E-state index in [1.807, 2.05) is 49.3 Å². The molecule has 9 aromatic heterocycles. The van der Waals surface area contributed by atoms with E-state index in [2.05, 4.69) is 307 Å². The van der Waals surface area contributed by atoms with Crippen molar-refractivity contribution in [2.45, 2.75) is 0 Å². The number of hydrogen-bond donors (Lipinski definition) is 0. The van der Waals surface area contributed by atoms with Crippen LogP contribution in [0.25, 0.3) is 200 Å². The summed E-state index contributed by atoms with van der Waals surface area (Å²) >= 11 is 0. The molecule has 0 bridgehead atoms. The van der Waals surface area contributed by atoms with Crippen molar-refractivity contribution in [1.29, 1.82) is 0 Å². The Balaban J connectivity index is 0.852. The molecule has 0 saturated carbocycles. The van der Waals surface area contributed by atoms with Crippen LogP contribution < -0.4 is 0 Å². The molecule has 21 rings (SSSR count). The van der Waals surface area contributed by atoms with Gasteiger partial charge in [-0.25, -0.2) is 9.97 Å². The van der Waals surface area contributed by atoms with Gasteiger partial charge in [-0.05, 0) is 148 Å². The smallest absolute Gasteiger partial charge is 0.238 e. The van der Waals surface area contributed by atoms with Crippen molar-refractivity contribution in [1.82, 2.24) is 58.1 Å². The van der Waals surface area contributed by atoms with Gasteiger partial charge >= 0.3 is 0 Å². The molecule has 0 aliphatic carbocycles. The van der Waals surface area contributed by atoms with Gasteiger partial charge in [-0.2, -0.15) is 9.97 Å². The van der Waals surface area contributed by atoms with Crippen molar-refractivity contribution < 1.29 is 0 Å². The highest BCUT2D eigenvalue weighted by Crippen LogP contribution is 2.46. The number of pyridine rings is 2. The Morgan fingerprint density at radius 1 is 0.216 bits per heavy atom. The monoisotopic (exact) mass is 1300 g/mol. The van der Waals surface area contributed by atoms with Crippen LogP contribution >= 0.6 is 0 Å². The van der Waals surface area contributed by atoms with Gasteiger partial charge in [0.1, 0.15) is 11.6 Å². The summed E-state index contributed by atoms with van der Waals surface area (Å²) < 4.78 is 9.21. The van der Waals surface area contributed by atoms with Gasteiger partial charge in [0.2, 0.25) is 5.95 Å². The number of nitrogens with zero attached hydrogens (tertiary/aromatic N) is 12. The van der Waals surface area contributed by atoms with Crippen LogP contribution in [0.2, 0.25) is 0 Å². The third-order valence-electron chi connectivity index (χ3n) is 20.2. The van der Waals surface area contributed by atoms with Crippen LogP contribution in [0.5, 0.6) is 0 Å². The number of aromatic nitrogens is 12. The fourth-order valence-electron chi connectivity index (χ4n) is 15.6. The number of fused-ring (bicyclic) bond motifs is 15. The Labute approximate surface area is 582 Å². The first-order valence-electron chi connectivity index (χ1n) is 34.1. The zero-order chi connectivity index (χ0) is 66.9. The fourth-order valence-corrected chi connectivity index (χ4v) is 15.6. The van der Waals surface area contributed by atoms with Crippen LogP contribution in [0.4, 0.5) is 0 Å². The summed E-state index contributed by atoms with van der Waals surface area (Å²) in [6, 6.07) is 103. The Hall–Kier alpha value is -14.1. The Morgan fingerprint density at radius 2 is 0.598 bits per heavy atom. The Kier molecular flexibility index (Phi) is 12.7. The number of hydrogen-bond acceptors (Lipinski definition) is 8. The molecule has 0 N–H and O–H groups in total. The molecule has 0 atom stereocenters. The van der Waals surface area contributed by atoms with E-state index in [0.717, 1.165) is 182 Å². The molecule has 474 valence electrons. The van der Waals surface area contributed by atoms with E-state index in [1.54, 1.807) is 0 Å². The van der Waals surface area contributed by atoms with E-state index >= 15 is 0 Å². The molecule has 12 nitrogen and oxygen atoms in total. The summed E-state index contributed by atoms with van der Waals surface area (Å²) in [5.41, 5.74) is 24.0. The number of para-hydroxylation sites is 2. The van der Waals surface area contributed by atoms with Crippen LogP contribution in [-0.4, -0.2) is 58.1 Å².